The van der Waals surface area contributed by atoms with Crippen LogP contribution < -0.4 is 0 Å². The fraction of sp³-hybridized carbons (Fsp3) is 0. The second-order valence-corrected chi connectivity index (χ2v) is 3.93. The van der Waals surface area contributed by atoms with E-state index in [1.807, 2.05) is 30.3 Å². The molecule has 0 bridgehead atoms. The van der Waals surface area contributed by atoms with Crippen LogP contribution in [0.15, 0.2) is 49.1 Å². The molecule has 0 atom stereocenters. The third-order valence-corrected chi connectivity index (χ3v) is 2.71. The topological polar surface area (TPSA) is 56.5 Å². The van der Waals surface area contributed by atoms with E-state index in [2.05, 4.69) is 20.2 Å². The first-order valence-corrected chi connectivity index (χ1v) is 5.66. The van der Waals surface area contributed by atoms with Crippen LogP contribution in [0.4, 0.5) is 0 Å². The summed E-state index contributed by atoms with van der Waals surface area (Å²) in [6, 6.07) is 9.70. The first-order valence-electron chi connectivity index (χ1n) is 5.28. The number of aromatic nitrogens is 5. The number of hydrogen-bond donors (Lipinski definition) is 0. The van der Waals surface area contributed by atoms with E-state index in [9.17, 15) is 0 Å². The Hall–Kier alpha value is -2.27. The second kappa shape index (κ2) is 4.54. The molecule has 0 fully saturated rings. The van der Waals surface area contributed by atoms with Crippen LogP contribution in [-0.2, 0) is 0 Å². The lowest BCUT2D eigenvalue weighted by Gasteiger charge is -2.06. The van der Waals surface area contributed by atoms with Crippen LogP contribution in [0.1, 0.15) is 0 Å². The Morgan fingerprint density at radius 1 is 0.944 bits per heavy atom. The molecule has 18 heavy (non-hydrogen) atoms. The van der Waals surface area contributed by atoms with Crippen LogP contribution in [0.5, 0.6) is 0 Å². The van der Waals surface area contributed by atoms with Gasteiger partial charge >= 0.3 is 0 Å². The van der Waals surface area contributed by atoms with Gasteiger partial charge in [0, 0.05) is 5.56 Å². The third-order valence-electron chi connectivity index (χ3n) is 2.46. The molecular weight excluding hydrogens is 250 g/mol. The van der Waals surface area contributed by atoms with Crippen molar-refractivity contribution in [2.75, 3.05) is 0 Å². The van der Waals surface area contributed by atoms with Gasteiger partial charge in [-0.05, 0) is 11.6 Å². The molecule has 6 heteroatoms. The van der Waals surface area contributed by atoms with Gasteiger partial charge in [-0.3, -0.25) is 4.57 Å². The van der Waals surface area contributed by atoms with Gasteiger partial charge in [-0.25, -0.2) is 9.97 Å². The fourth-order valence-electron chi connectivity index (χ4n) is 1.68. The average Bonchev–Trinajstić information content (AvgIpc) is 2.83. The van der Waals surface area contributed by atoms with Crippen molar-refractivity contribution in [3.8, 4) is 17.1 Å². The van der Waals surface area contributed by atoms with E-state index in [-0.39, 0.29) is 5.28 Å². The predicted molar refractivity (Wildman–Crippen MR) is 67.4 cm³/mol. The molecule has 0 amide bonds. The molecule has 0 aliphatic carbocycles. The molecule has 0 unspecified atom stereocenters. The summed E-state index contributed by atoms with van der Waals surface area (Å²) in [5.41, 5.74) is 1.66. The van der Waals surface area contributed by atoms with Crippen LogP contribution in [0, 0.1) is 0 Å². The molecule has 1 aromatic carbocycles. The highest BCUT2D eigenvalue weighted by molar-refractivity contribution is 6.28. The number of halogens is 1. The number of nitrogens with zero attached hydrogens (tertiary/aromatic N) is 5. The van der Waals surface area contributed by atoms with Crippen LogP contribution >= 0.6 is 11.6 Å². The van der Waals surface area contributed by atoms with Crippen molar-refractivity contribution >= 4 is 11.6 Å². The van der Waals surface area contributed by atoms with E-state index < -0.39 is 0 Å². The molecule has 0 aliphatic heterocycles. The summed E-state index contributed by atoms with van der Waals surface area (Å²) >= 11 is 6.06. The Morgan fingerprint density at radius 2 is 1.67 bits per heavy atom. The number of rotatable bonds is 2. The van der Waals surface area contributed by atoms with Crippen molar-refractivity contribution in [1.29, 1.82) is 0 Å². The lowest BCUT2D eigenvalue weighted by atomic mass is 10.2. The van der Waals surface area contributed by atoms with E-state index in [4.69, 9.17) is 11.6 Å². The van der Waals surface area contributed by atoms with Crippen molar-refractivity contribution in [2.45, 2.75) is 0 Å². The smallest absolute Gasteiger partial charge is 0.230 e. The highest BCUT2D eigenvalue weighted by Gasteiger charge is 2.13. The molecule has 2 heterocycles. The molecule has 2 aromatic heterocycles. The van der Waals surface area contributed by atoms with Crippen LogP contribution in [-0.4, -0.2) is 24.7 Å². The molecule has 0 saturated carbocycles. The summed E-state index contributed by atoms with van der Waals surface area (Å²) in [6.07, 6.45) is 4.79. The minimum absolute atomic E-state index is 0.281. The standard InChI is InChI=1S/C12H8ClN5/c13-12-17-16-11(9-4-2-1-3-5-9)18(12)10-6-14-8-15-7-10/h1-8H. The predicted octanol–water partition coefficient (Wildman–Crippen LogP) is 2.38. The molecule has 3 aromatic rings. The molecular formula is C12H8ClN5. The van der Waals surface area contributed by atoms with Crippen LogP contribution in [0.3, 0.4) is 0 Å². The largest absolute Gasteiger partial charge is 0.263 e. The van der Waals surface area contributed by atoms with Gasteiger partial charge < -0.3 is 0 Å². The number of hydrogen-bond acceptors (Lipinski definition) is 4. The van der Waals surface area contributed by atoms with Gasteiger partial charge in [-0.2, -0.15) is 0 Å². The van der Waals surface area contributed by atoms with Crippen molar-refractivity contribution in [2.24, 2.45) is 0 Å². The van der Waals surface area contributed by atoms with Crippen LogP contribution in [0.25, 0.3) is 17.1 Å². The van der Waals surface area contributed by atoms with Crippen LogP contribution in [0.2, 0.25) is 5.28 Å². The van der Waals surface area contributed by atoms with Crippen molar-refractivity contribution < 1.29 is 0 Å². The minimum atomic E-state index is 0.281. The molecule has 88 valence electrons. The van der Waals surface area contributed by atoms with Crippen molar-refractivity contribution in [3.05, 3.63) is 54.3 Å². The van der Waals surface area contributed by atoms with E-state index in [0.29, 0.717) is 5.82 Å². The Labute approximate surface area is 108 Å². The first kappa shape index (κ1) is 10.9. The zero-order valence-corrected chi connectivity index (χ0v) is 9.99. The van der Waals surface area contributed by atoms with E-state index in [1.165, 1.54) is 6.33 Å². The van der Waals surface area contributed by atoms with E-state index >= 15 is 0 Å². The first-order chi connectivity index (χ1) is 8.86. The lowest BCUT2D eigenvalue weighted by Crippen LogP contribution is -1.98. The zero-order chi connectivity index (χ0) is 12.4. The summed E-state index contributed by atoms with van der Waals surface area (Å²) in [5.74, 6) is 0.662. The lowest BCUT2D eigenvalue weighted by molar-refractivity contribution is 1.01. The number of benzene rings is 1. The minimum Gasteiger partial charge on any atom is -0.263 e. The highest BCUT2D eigenvalue weighted by atomic mass is 35.5. The second-order valence-electron chi connectivity index (χ2n) is 3.59. The van der Waals surface area contributed by atoms with Gasteiger partial charge in [0.1, 0.15) is 6.33 Å². The van der Waals surface area contributed by atoms with Crippen molar-refractivity contribution in [1.82, 2.24) is 24.7 Å². The maximum absolute atomic E-state index is 6.06. The van der Waals surface area contributed by atoms with Gasteiger partial charge in [0.15, 0.2) is 5.82 Å². The maximum Gasteiger partial charge on any atom is 0.230 e. The summed E-state index contributed by atoms with van der Waals surface area (Å²) in [4.78, 5) is 7.94. The van der Waals surface area contributed by atoms with Gasteiger partial charge in [0.2, 0.25) is 5.28 Å². The van der Waals surface area contributed by atoms with Gasteiger partial charge in [0.05, 0.1) is 18.1 Å². The normalized spacial score (nSPS) is 10.5. The SMILES string of the molecule is Clc1nnc(-c2ccccc2)n1-c1cncnc1. The fourth-order valence-corrected chi connectivity index (χ4v) is 1.89. The molecule has 0 aliphatic rings. The average molecular weight is 258 g/mol. The van der Waals surface area contributed by atoms with Gasteiger partial charge in [-0.15, -0.1) is 10.2 Å². The summed E-state index contributed by atoms with van der Waals surface area (Å²) in [7, 11) is 0. The molecule has 0 N–H and O–H groups in total. The molecule has 0 radical (unpaired) electrons. The van der Waals surface area contributed by atoms with Crippen molar-refractivity contribution in [3.63, 3.8) is 0 Å². The Balaban J connectivity index is 2.19. The summed E-state index contributed by atoms with van der Waals surface area (Å²) < 4.78 is 1.71. The molecule has 0 saturated heterocycles. The molecule has 3 rings (SSSR count). The molecule has 0 spiro atoms. The van der Waals surface area contributed by atoms with Gasteiger partial charge in [0.25, 0.3) is 0 Å². The summed E-state index contributed by atoms with van der Waals surface area (Å²) in [5, 5.41) is 8.26. The Kier molecular flexibility index (Phi) is 2.74. The van der Waals surface area contributed by atoms with E-state index in [1.54, 1.807) is 17.0 Å². The Morgan fingerprint density at radius 3 is 2.39 bits per heavy atom. The maximum atomic E-state index is 6.06. The van der Waals surface area contributed by atoms with Gasteiger partial charge in [-0.1, -0.05) is 30.3 Å². The Bertz CT molecular complexity index is 651. The van der Waals surface area contributed by atoms with E-state index in [0.717, 1.165) is 11.3 Å². The zero-order valence-electron chi connectivity index (χ0n) is 9.23. The quantitative estimate of drug-likeness (QED) is 0.707. The third kappa shape index (κ3) is 1.84. The monoisotopic (exact) mass is 257 g/mol. The highest BCUT2D eigenvalue weighted by Crippen LogP contribution is 2.23. The molecule has 5 nitrogen and oxygen atoms in total. The summed E-state index contributed by atoms with van der Waals surface area (Å²) in [6.45, 7) is 0.